The largest absolute Gasteiger partial charge is 0.352 e. The van der Waals surface area contributed by atoms with E-state index in [1.165, 1.54) is 0 Å². The smallest absolute Gasteiger partial charge is 0.253 e. The number of carbonyl (C=O) groups is 2. The lowest BCUT2D eigenvalue weighted by atomic mass is 9.90. The molecule has 0 spiro atoms. The van der Waals surface area contributed by atoms with Crippen molar-refractivity contribution in [3.05, 3.63) is 35.4 Å². The van der Waals surface area contributed by atoms with Gasteiger partial charge in [0.25, 0.3) is 11.8 Å². The van der Waals surface area contributed by atoms with Crippen molar-refractivity contribution < 1.29 is 9.59 Å². The Hall–Kier alpha value is -1.59. The van der Waals surface area contributed by atoms with Crippen LogP contribution in [0.25, 0.3) is 0 Å². The number of hydrogen-bond donors (Lipinski definition) is 2. The number of benzene rings is 1. The quantitative estimate of drug-likeness (QED) is 0.853. The van der Waals surface area contributed by atoms with Crippen LogP contribution in [0.5, 0.6) is 0 Å². The van der Waals surface area contributed by atoms with Gasteiger partial charge in [-0.1, -0.05) is 13.0 Å². The first-order valence-corrected chi connectivity index (χ1v) is 8.46. The molecule has 0 saturated carbocycles. The lowest BCUT2D eigenvalue weighted by Crippen LogP contribution is -2.42. The van der Waals surface area contributed by atoms with Gasteiger partial charge in [0.05, 0.1) is 0 Å². The van der Waals surface area contributed by atoms with E-state index in [9.17, 15) is 9.59 Å². The van der Waals surface area contributed by atoms with E-state index < -0.39 is 0 Å². The fourth-order valence-corrected chi connectivity index (χ4v) is 2.94. The molecule has 3 N–H and O–H groups in total. The molecule has 1 unspecified atom stereocenters. The lowest BCUT2D eigenvalue weighted by Gasteiger charge is -2.33. The Labute approximate surface area is 150 Å². The van der Waals surface area contributed by atoms with E-state index in [4.69, 9.17) is 5.73 Å². The molecule has 24 heavy (non-hydrogen) atoms. The molecule has 134 valence electrons. The minimum absolute atomic E-state index is 0. The molecule has 1 aromatic rings. The van der Waals surface area contributed by atoms with E-state index in [2.05, 4.69) is 5.32 Å². The predicted octanol–water partition coefficient (Wildman–Crippen LogP) is 2.45. The van der Waals surface area contributed by atoms with Crippen LogP contribution >= 0.6 is 12.4 Å². The molecule has 6 heteroatoms. The summed E-state index contributed by atoms with van der Waals surface area (Å²) in [5, 5.41) is 2.83. The summed E-state index contributed by atoms with van der Waals surface area (Å²) in [5.74, 6) is 0.362. The van der Waals surface area contributed by atoms with E-state index >= 15 is 0 Å². The molecular formula is C18H28ClN3O2. The molecule has 1 saturated heterocycles. The molecule has 5 nitrogen and oxygen atoms in total. The zero-order chi connectivity index (χ0) is 16.8. The number of hydrogen-bond acceptors (Lipinski definition) is 3. The van der Waals surface area contributed by atoms with Crippen molar-refractivity contribution >= 4 is 24.2 Å². The molecule has 0 radical (unpaired) electrons. The van der Waals surface area contributed by atoms with Crippen LogP contribution in [0.1, 0.15) is 53.8 Å². The van der Waals surface area contributed by atoms with E-state index in [0.29, 0.717) is 23.6 Å². The lowest BCUT2D eigenvalue weighted by molar-refractivity contribution is 0.0681. The number of amides is 2. The predicted molar refractivity (Wildman–Crippen MR) is 98.6 cm³/mol. The molecule has 1 aliphatic rings. The summed E-state index contributed by atoms with van der Waals surface area (Å²) in [6.07, 6.45) is 2.78. The summed E-state index contributed by atoms with van der Waals surface area (Å²) < 4.78 is 0. The number of rotatable bonds is 5. The number of nitrogens with two attached hydrogens (primary N) is 1. The van der Waals surface area contributed by atoms with Crippen LogP contribution in [-0.2, 0) is 0 Å². The highest BCUT2D eigenvalue weighted by Gasteiger charge is 2.25. The summed E-state index contributed by atoms with van der Waals surface area (Å²) >= 11 is 0. The van der Waals surface area contributed by atoms with Crippen LogP contribution in [0.2, 0.25) is 0 Å². The third kappa shape index (κ3) is 5.21. The molecule has 0 bridgehead atoms. The number of nitrogens with zero attached hydrogens (tertiary/aromatic N) is 1. The number of likely N-dealkylation sites (tertiary alicyclic amines) is 1. The van der Waals surface area contributed by atoms with Gasteiger partial charge in [0.1, 0.15) is 0 Å². The Morgan fingerprint density at radius 2 is 1.92 bits per heavy atom. The van der Waals surface area contributed by atoms with Gasteiger partial charge in [0, 0.05) is 36.8 Å². The average Bonchev–Trinajstić information content (AvgIpc) is 2.59. The van der Waals surface area contributed by atoms with E-state index in [1.807, 2.05) is 18.7 Å². The van der Waals surface area contributed by atoms with Gasteiger partial charge in [0.2, 0.25) is 0 Å². The van der Waals surface area contributed by atoms with Gasteiger partial charge >= 0.3 is 0 Å². The van der Waals surface area contributed by atoms with Crippen LogP contribution in [-0.4, -0.2) is 42.4 Å². The van der Waals surface area contributed by atoms with Gasteiger partial charge in [-0.15, -0.1) is 12.4 Å². The number of nitrogens with one attached hydrogen (secondary N) is 1. The standard InChI is InChI=1S/C18H27N3O2.ClH/c1-3-9-20-17(22)15-5-4-6-16(12-15)18(23)21-10-7-14(8-11-21)13(2)19;/h4-6,12-14H,3,7-11,19H2,1-2H3,(H,20,22);1H. The van der Waals surface area contributed by atoms with Crippen molar-refractivity contribution in [3.8, 4) is 0 Å². The topological polar surface area (TPSA) is 75.4 Å². The van der Waals surface area contributed by atoms with Crippen molar-refractivity contribution in [2.24, 2.45) is 11.7 Å². The third-order valence-corrected chi connectivity index (χ3v) is 4.48. The average molecular weight is 354 g/mol. The molecule has 0 aliphatic carbocycles. The Balaban J connectivity index is 0.00000288. The summed E-state index contributed by atoms with van der Waals surface area (Å²) in [5.41, 5.74) is 7.06. The van der Waals surface area contributed by atoms with Crippen LogP contribution < -0.4 is 11.1 Å². The van der Waals surface area contributed by atoms with Gasteiger partial charge < -0.3 is 16.0 Å². The first-order valence-electron chi connectivity index (χ1n) is 8.46. The molecule has 1 aliphatic heterocycles. The van der Waals surface area contributed by atoms with Crippen LogP contribution in [0.3, 0.4) is 0 Å². The molecule has 2 amide bonds. The van der Waals surface area contributed by atoms with Crippen molar-refractivity contribution in [2.45, 2.75) is 39.2 Å². The Morgan fingerprint density at radius 3 is 2.50 bits per heavy atom. The van der Waals surface area contributed by atoms with E-state index in [-0.39, 0.29) is 30.3 Å². The van der Waals surface area contributed by atoms with Crippen molar-refractivity contribution in [1.82, 2.24) is 10.2 Å². The zero-order valence-corrected chi connectivity index (χ0v) is 15.3. The van der Waals surface area contributed by atoms with Gasteiger partial charge in [0.15, 0.2) is 0 Å². The highest BCUT2D eigenvalue weighted by atomic mass is 35.5. The van der Waals surface area contributed by atoms with Crippen molar-refractivity contribution in [1.29, 1.82) is 0 Å². The Morgan fingerprint density at radius 1 is 1.29 bits per heavy atom. The van der Waals surface area contributed by atoms with Crippen LogP contribution in [0.15, 0.2) is 24.3 Å². The second kappa shape index (κ2) is 9.64. The second-order valence-electron chi connectivity index (χ2n) is 6.33. The molecule has 2 rings (SSSR count). The number of piperidine rings is 1. The highest BCUT2D eigenvalue weighted by molar-refractivity contribution is 5.99. The Kier molecular flexibility index (Phi) is 8.22. The molecule has 1 atom stereocenters. The maximum atomic E-state index is 12.6. The summed E-state index contributed by atoms with van der Waals surface area (Å²) in [6.45, 7) is 6.14. The van der Waals surface area contributed by atoms with Gasteiger partial charge in [-0.25, -0.2) is 0 Å². The molecule has 0 aromatic heterocycles. The van der Waals surface area contributed by atoms with Gasteiger partial charge in [-0.05, 0) is 50.3 Å². The minimum atomic E-state index is -0.128. The monoisotopic (exact) mass is 353 g/mol. The normalized spacial score (nSPS) is 16.2. The van der Waals surface area contributed by atoms with E-state index in [0.717, 1.165) is 32.4 Å². The first-order chi connectivity index (χ1) is 11.0. The fraction of sp³-hybridized carbons (Fsp3) is 0.556. The SMILES string of the molecule is CCCNC(=O)c1cccc(C(=O)N2CCC(C(C)N)CC2)c1.Cl. The first kappa shape index (κ1) is 20.5. The van der Waals surface area contributed by atoms with Gasteiger partial charge in [-0.2, -0.15) is 0 Å². The molecular weight excluding hydrogens is 326 g/mol. The zero-order valence-electron chi connectivity index (χ0n) is 14.5. The molecule has 1 heterocycles. The van der Waals surface area contributed by atoms with Gasteiger partial charge in [-0.3, -0.25) is 9.59 Å². The number of carbonyl (C=O) groups excluding carboxylic acids is 2. The number of halogens is 1. The Bertz CT molecular complexity index is 555. The van der Waals surface area contributed by atoms with E-state index in [1.54, 1.807) is 24.3 Å². The summed E-state index contributed by atoms with van der Waals surface area (Å²) in [4.78, 5) is 26.5. The molecule has 1 aromatic carbocycles. The summed E-state index contributed by atoms with van der Waals surface area (Å²) in [7, 11) is 0. The van der Waals surface area contributed by atoms with Crippen LogP contribution in [0.4, 0.5) is 0 Å². The fourth-order valence-electron chi connectivity index (χ4n) is 2.94. The highest BCUT2D eigenvalue weighted by Crippen LogP contribution is 2.21. The van der Waals surface area contributed by atoms with Crippen molar-refractivity contribution in [2.75, 3.05) is 19.6 Å². The van der Waals surface area contributed by atoms with Crippen LogP contribution in [0, 0.1) is 5.92 Å². The maximum Gasteiger partial charge on any atom is 0.253 e. The second-order valence-corrected chi connectivity index (χ2v) is 6.33. The molecule has 1 fully saturated rings. The third-order valence-electron chi connectivity index (χ3n) is 4.48. The minimum Gasteiger partial charge on any atom is -0.352 e. The van der Waals surface area contributed by atoms with Crippen molar-refractivity contribution in [3.63, 3.8) is 0 Å². The summed E-state index contributed by atoms with van der Waals surface area (Å²) in [6, 6.07) is 7.15. The maximum absolute atomic E-state index is 12.6.